The van der Waals surface area contributed by atoms with Crippen molar-refractivity contribution in [2.45, 2.75) is 33.3 Å². The van der Waals surface area contributed by atoms with Crippen LogP contribution < -0.4 is 10.4 Å². The monoisotopic (exact) mass is 287 g/mol. The number of rotatable bonds is 8. The number of nitrogens with zero attached hydrogens (tertiary/aromatic N) is 1. The molecule has 7 heteroatoms. The molecule has 0 spiro atoms. The number of hydrogen-bond donors (Lipinski definition) is 3. The summed E-state index contributed by atoms with van der Waals surface area (Å²) in [4.78, 5) is 11.9. The van der Waals surface area contributed by atoms with Crippen LogP contribution in [0.1, 0.15) is 42.9 Å². The zero-order chi connectivity index (χ0) is 14.3. The lowest BCUT2D eigenvalue weighted by atomic mass is 9.82. The van der Waals surface area contributed by atoms with Crippen molar-refractivity contribution in [1.29, 1.82) is 0 Å². The lowest BCUT2D eigenvalue weighted by molar-refractivity contribution is 0.0917. The third kappa shape index (κ3) is 4.27. The van der Waals surface area contributed by atoms with Gasteiger partial charge in [0.25, 0.3) is 5.91 Å². The minimum atomic E-state index is -0.279. The molecular weight excluding hydrogens is 265 g/mol. The van der Waals surface area contributed by atoms with Gasteiger partial charge in [-0.1, -0.05) is 28.4 Å². The maximum atomic E-state index is 11.9. The van der Waals surface area contributed by atoms with Crippen molar-refractivity contribution >= 4 is 15.3 Å². The van der Waals surface area contributed by atoms with E-state index in [1.165, 1.54) is 6.07 Å². The minimum Gasteiger partial charge on any atom is -0.388 e. The summed E-state index contributed by atoms with van der Waals surface area (Å²) in [6.45, 7) is 5.34. The smallest absolute Gasteiger partial charge is 0.273 e. The van der Waals surface area contributed by atoms with E-state index in [-0.39, 0.29) is 29.4 Å². The predicted octanol–water partition coefficient (Wildman–Crippen LogP) is 1.08. The molecule has 1 heterocycles. The van der Waals surface area contributed by atoms with E-state index in [1.807, 2.05) is 0 Å². The fraction of sp³-hybridized carbons (Fsp3) is 0.667. The minimum absolute atomic E-state index is 0.0287. The fourth-order valence-corrected chi connectivity index (χ4v) is 2.31. The summed E-state index contributed by atoms with van der Waals surface area (Å²) in [6, 6.07) is 1.45. The van der Waals surface area contributed by atoms with Crippen molar-refractivity contribution in [1.82, 2.24) is 15.6 Å². The van der Waals surface area contributed by atoms with E-state index >= 15 is 0 Å². The number of aromatic nitrogens is 1. The van der Waals surface area contributed by atoms with Crippen LogP contribution in [0.3, 0.4) is 0 Å². The summed E-state index contributed by atoms with van der Waals surface area (Å²) in [5.74, 6) is 0.00695. The molecule has 1 amide bonds. The highest BCUT2D eigenvalue weighted by Gasteiger charge is 2.26. The van der Waals surface area contributed by atoms with Crippen LogP contribution in [0.15, 0.2) is 10.6 Å². The van der Waals surface area contributed by atoms with Gasteiger partial charge in [-0.3, -0.25) is 4.79 Å². The molecule has 0 radical (unpaired) electrons. The molecule has 1 atom stereocenters. The van der Waals surface area contributed by atoms with Crippen molar-refractivity contribution in [2.75, 3.05) is 13.1 Å². The van der Waals surface area contributed by atoms with Gasteiger partial charge in [0.15, 0.2) is 11.5 Å². The number of amides is 1. The van der Waals surface area contributed by atoms with Gasteiger partial charge < -0.3 is 20.0 Å². The zero-order valence-corrected chi connectivity index (χ0v) is 12.6. The molecule has 1 aromatic heterocycles. The molecule has 0 aromatic carbocycles. The number of carbonyl (C=O) groups excluding carboxylic acids is 1. The molecule has 1 rings (SSSR count). The Labute approximate surface area is 115 Å². The Morgan fingerprint density at radius 1 is 1.47 bits per heavy atom. The average Bonchev–Trinajstić information content (AvgIpc) is 2.92. The molecule has 1 unspecified atom stereocenters. The van der Waals surface area contributed by atoms with Crippen LogP contribution in [0.25, 0.3) is 0 Å². The van der Waals surface area contributed by atoms with Gasteiger partial charge in [-0.25, -0.2) is 0 Å². The van der Waals surface area contributed by atoms with Crippen LogP contribution in [0.5, 0.6) is 0 Å². The third-order valence-electron chi connectivity index (χ3n) is 3.55. The molecule has 19 heavy (non-hydrogen) atoms. The van der Waals surface area contributed by atoms with Crippen molar-refractivity contribution in [3.8, 4) is 0 Å². The van der Waals surface area contributed by atoms with E-state index in [9.17, 15) is 4.79 Å². The third-order valence-corrected chi connectivity index (χ3v) is 3.75. The highest BCUT2D eigenvalue weighted by molar-refractivity contribution is 7.13. The van der Waals surface area contributed by atoms with E-state index in [0.29, 0.717) is 6.54 Å². The Hall–Kier alpha value is -0.970. The van der Waals surface area contributed by atoms with E-state index in [2.05, 4.69) is 38.8 Å². The summed E-state index contributed by atoms with van der Waals surface area (Å²) in [5.41, 5.74) is 0.227. The second kappa shape index (κ2) is 7.58. The first-order chi connectivity index (χ1) is 9.10. The van der Waals surface area contributed by atoms with Crippen LogP contribution in [0.2, 0.25) is 0 Å². The van der Waals surface area contributed by atoms with Gasteiger partial charge in [-0.2, -0.15) is 0 Å². The highest BCUT2D eigenvalue weighted by atomic mass is 31.0. The maximum absolute atomic E-state index is 11.9. The molecule has 0 saturated heterocycles. The summed E-state index contributed by atoms with van der Waals surface area (Å²) < 4.78 is 4.79. The highest BCUT2D eigenvalue weighted by Crippen LogP contribution is 2.24. The maximum Gasteiger partial charge on any atom is 0.273 e. The Morgan fingerprint density at radius 3 is 2.63 bits per heavy atom. The summed E-state index contributed by atoms with van der Waals surface area (Å²) in [7, 11) is 2.49. The number of aliphatic hydroxyl groups excluding tert-OH is 1. The SMILES string of the molecule is CCC(CC)(CNP)CNC(=O)c1cc(CO)on1. The molecule has 0 aliphatic carbocycles. The summed E-state index contributed by atoms with van der Waals surface area (Å²) >= 11 is 0. The van der Waals surface area contributed by atoms with Crippen molar-refractivity contribution in [3.63, 3.8) is 0 Å². The second-order valence-electron chi connectivity index (χ2n) is 4.61. The fourth-order valence-electron chi connectivity index (χ4n) is 1.88. The number of hydrogen-bond acceptors (Lipinski definition) is 5. The first-order valence-electron chi connectivity index (χ1n) is 6.39. The molecule has 3 N–H and O–H groups in total. The number of carbonyl (C=O) groups is 1. The van der Waals surface area contributed by atoms with E-state index in [4.69, 9.17) is 9.63 Å². The van der Waals surface area contributed by atoms with Crippen LogP contribution >= 0.6 is 9.39 Å². The largest absolute Gasteiger partial charge is 0.388 e. The van der Waals surface area contributed by atoms with Gasteiger partial charge in [0.1, 0.15) is 6.61 Å². The van der Waals surface area contributed by atoms with Crippen molar-refractivity contribution < 1.29 is 14.4 Å². The first-order valence-corrected chi connectivity index (χ1v) is 6.96. The van der Waals surface area contributed by atoms with Gasteiger partial charge in [0, 0.05) is 19.2 Å². The number of aliphatic hydroxyl groups is 1. The van der Waals surface area contributed by atoms with Crippen LogP contribution in [-0.2, 0) is 6.61 Å². The molecule has 108 valence electrons. The number of nitrogens with one attached hydrogen (secondary N) is 2. The molecular formula is C12H22N3O3P. The Bertz CT molecular complexity index is 405. The molecule has 1 aromatic rings. The Balaban J connectivity index is 2.61. The molecule has 0 saturated carbocycles. The topological polar surface area (TPSA) is 87.4 Å². The molecule has 0 fully saturated rings. The van der Waals surface area contributed by atoms with Gasteiger partial charge in [0.05, 0.1) is 0 Å². The van der Waals surface area contributed by atoms with E-state index < -0.39 is 0 Å². The molecule has 6 nitrogen and oxygen atoms in total. The van der Waals surface area contributed by atoms with Crippen LogP contribution in [-0.4, -0.2) is 29.3 Å². The van der Waals surface area contributed by atoms with E-state index in [1.54, 1.807) is 0 Å². The quantitative estimate of drug-likeness (QED) is 0.623. The average molecular weight is 287 g/mol. The Kier molecular flexibility index (Phi) is 6.42. The zero-order valence-electron chi connectivity index (χ0n) is 11.4. The van der Waals surface area contributed by atoms with E-state index in [0.717, 1.165) is 19.4 Å². The van der Waals surface area contributed by atoms with Crippen LogP contribution in [0, 0.1) is 5.41 Å². The van der Waals surface area contributed by atoms with Gasteiger partial charge >= 0.3 is 0 Å². The lowest BCUT2D eigenvalue weighted by Gasteiger charge is -2.31. The standard InChI is InChI=1S/C12H22N3O3P/c1-3-12(4-2,8-14-19)7-13-11(17)10-5-9(6-16)18-15-10/h5,14,16H,3-4,6-8,19H2,1-2H3,(H,13,17). The predicted molar refractivity (Wildman–Crippen MR) is 75.5 cm³/mol. The summed E-state index contributed by atoms with van der Waals surface area (Å²) in [6.07, 6.45) is 1.93. The molecule has 0 aliphatic rings. The second-order valence-corrected chi connectivity index (χ2v) is 5.02. The first kappa shape index (κ1) is 16.1. The van der Waals surface area contributed by atoms with Gasteiger partial charge in [0.2, 0.25) is 0 Å². The van der Waals surface area contributed by atoms with Crippen molar-refractivity contribution in [2.24, 2.45) is 5.41 Å². The van der Waals surface area contributed by atoms with Gasteiger partial charge in [-0.05, 0) is 18.3 Å². The normalized spacial score (nSPS) is 11.6. The molecule has 0 bridgehead atoms. The molecule has 0 aliphatic heterocycles. The van der Waals surface area contributed by atoms with Crippen molar-refractivity contribution in [3.05, 3.63) is 17.5 Å². The summed E-state index contributed by atoms with van der Waals surface area (Å²) in [5, 5.41) is 18.4. The Morgan fingerprint density at radius 2 is 2.16 bits per heavy atom. The lowest BCUT2D eigenvalue weighted by Crippen LogP contribution is -2.41. The van der Waals surface area contributed by atoms with Gasteiger partial charge in [-0.15, -0.1) is 0 Å². The van der Waals surface area contributed by atoms with Crippen LogP contribution in [0.4, 0.5) is 0 Å².